The molecule has 0 spiro atoms. The first-order chi connectivity index (χ1) is 14.0. The summed E-state index contributed by atoms with van der Waals surface area (Å²) in [6, 6.07) is 4.39. The summed E-state index contributed by atoms with van der Waals surface area (Å²) in [5.41, 5.74) is 0.0280. The second kappa shape index (κ2) is 10.4. The van der Waals surface area contributed by atoms with Crippen molar-refractivity contribution in [2.75, 3.05) is 6.54 Å². The molecule has 1 amide bonds. The number of rotatable bonds is 13. The summed E-state index contributed by atoms with van der Waals surface area (Å²) in [5.74, 6) is -0.548. The normalized spacial score (nSPS) is 21.8. The van der Waals surface area contributed by atoms with E-state index in [1.54, 1.807) is 11.3 Å². The highest BCUT2D eigenvalue weighted by Crippen LogP contribution is 2.48. The Kier molecular flexibility index (Phi) is 7.90. The topological polar surface area (TPSA) is 77.8 Å². The quantitative estimate of drug-likeness (QED) is 0.282. The number of aliphatic hydroxyl groups is 1. The molecule has 2 N–H and O–H groups in total. The first kappa shape index (κ1) is 22.0. The maximum atomic E-state index is 11.9. The van der Waals surface area contributed by atoms with Gasteiger partial charge in [-0.05, 0) is 50.0 Å². The molecule has 1 aromatic rings. The molecule has 2 heterocycles. The van der Waals surface area contributed by atoms with Crippen LogP contribution < -0.4 is 0 Å². The largest absolute Gasteiger partial charge is 0.481 e. The Hall–Kier alpha value is -1.66. The molecule has 160 valence electrons. The van der Waals surface area contributed by atoms with Gasteiger partial charge in [0.2, 0.25) is 5.91 Å². The summed E-state index contributed by atoms with van der Waals surface area (Å²) in [7, 11) is 0. The number of carboxylic acids is 1. The molecule has 29 heavy (non-hydrogen) atoms. The van der Waals surface area contributed by atoms with Gasteiger partial charge in [0, 0.05) is 23.3 Å². The highest BCUT2D eigenvalue weighted by Gasteiger charge is 2.43. The molecule has 2 unspecified atom stereocenters. The standard InChI is InChI=1S/C23H33NO4S/c25-20(23(12-7-13-23)17-19-9-6-15-29-19)10-5-8-18-16-21(26)24(18)14-4-2-1-3-11-22(27)28/h5-6,8-9,15,18,20,25H,1-4,7,10-14,16-17H2,(H,27,28)/b8-5+. The second-order valence-electron chi connectivity index (χ2n) is 8.57. The maximum absolute atomic E-state index is 11.9. The lowest BCUT2D eigenvalue weighted by Gasteiger charge is -2.45. The first-order valence-corrected chi connectivity index (χ1v) is 11.8. The average molecular weight is 420 g/mol. The van der Waals surface area contributed by atoms with Crippen LogP contribution in [0.1, 0.15) is 69.1 Å². The van der Waals surface area contributed by atoms with Crippen LogP contribution in [0.4, 0.5) is 0 Å². The molecule has 0 bridgehead atoms. The summed E-state index contributed by atoms with van der Waals surface area (Å²) in [6.45, 7) is 0.742. The van der Waals surface area contributed by atoms with Crippen LogP contribution in [0.5, 0.6) is 0 Å². The van der Waals surface area contributed by atoms with Gasteiger partial charge in [-0.25, -0.2) is 0 Å². The molecule has 1 aliphatic heterocycles. The lowest BCUT2D eigenvalue weighted by atomic mass is 9.62. The van der Waals surface area contributed by atoms with E-state index in [2.05, 4.69) is 29.7 Å². The minimum Gasteiger partial charge on any atom is -0.481 e. The predicted molar refractivity (Wildman–Crippen MR) is 115 cm³/mol. The first-order valence-electron chi connectivity index (χ1n) is 10.9. The van der Waals surface area contributed by atoms with Gasteiger partial charge in [0.05, 0.1) is 18.6 Å². The van der Waals surface area contributed by atoms with Crippen molar-refractivity contribution in [3.8, 4) is 0 Å². The minimum absolute atomic E-state index is 0.0280. The molecule has 3 rings (SSSR count). The van der Waals surface area contributed by atoms with E-state index in [0.717, 1.165) is 45.1 Å². The Morgan fingerprint density at radius 1 is 1.31 bits per heavy atom. The Bertz CT molecular complexity index is 696. The average Bonchev–Trinajstić information content (AvgIpc) is 3.15. The fourth-order valence-electron chi connectivity index (χ4n) is 4.49. The van der Waals surface area contributed by atoms with Crippen molar-refractivity contribution < 1.29 is 19.8 Å². The minimum atomic E-state index is -0.741. The monoisotopic (exact) mass is 419 g/mol. The third kappa shape index (κ3) is 5.92. The number of unbranched alkanes of at least 4 members (excludes halogenated alkanes) is 3. The number of carbonyl (C=O) groups excluding carboxylic acids is 1. The predicted octanol–water partition coefficient (Wildman–Crippen LogP) is 4.40. The van der Waals surface area contributed by atoms with E-state index in [0.29, 0.717) is 19.3 Å². The third-order valence-electron chi connectivity index (χ3n) is 6.52. The van der Waals surface area contributed by atoms with E-state index in [9.17, 15) is 14.7 Å². The number of hydrogen-bond donors (Lipinski definition) is 2. The molecule has 1 saturated carbocycles. The van der Waals surface area contributed by atoms with Gasteiger partial charge in [0.15, 0.2) is 0 Å². The second-order valence-corrected chi connectivity index (χ2v) is 9.60. The van der Waals surface area contributed by atoms with Gasteiger partial charge in [-0.15, -0.1) is 11.3 Å². The van der Waals surface area contributed by atoms with E-state index >= 15 is 0 Å². The van der Waals surface area contributed by atoms with Crippen molar-refractivity contribution in [3.63, 3.8) is 0 Å². The molecule has 2 aliphatic rings. The number of β-lactam (4-membered cyclic amide) rings is 1. The molecule has 0 radical (unpaired) electrons. The number of thiophene rings is 1. The van der Waals surface area contributed by atoms with Crippen LogP contribution in [0, 0.1) is 5.41 Å². The highest BCUT2D eigenvalue weighted by atomic mass is 32.1. The molecular weight excluding hydrogens is 386 g/mol. The van der Waals surface area contributed by atoms with Gasteiger partial charge in [-0.1, -0.05) is 37.5 Å². The van der Waals surface area contributed by atoms with Gasteiger partial charge in [0.1, 0.15) is 0 Å². The molecule has 0 aromatic carbocycles. The van der Waals surface area contributed by atoms with Crippen molar-refractivity contribution in [1.29, 1.82) is 0 Å². The lowest BCUT2D eigenvalue weighted by molar-refractivity contribution is -0.143. The van der Waals surface area contributed by atoms with E-state index in [-0.39, 0.29) is 29.9 Å². The SMILES string of the molecule is O=C(O)CCCCCCN1C(=O)CC1/C=C/CC(O)C1(Cc2cccs2)CCC1. The number of nitrogens with zero attached hydrogens (tertiary/aromatic N) is 1. The number of amides is 1. The van der Waals surface area contributed by atoms with Gasteiger partial charge in [0.25, 0.3) is 0 Å². The maximum Gasteiger partial charge on any atom is 0.303 e. The van der Waals surface area contributed by atoms with Crippen LogP contribution in [-0.2, 0) is 16.0 Å². The molecule has 1 saturated heterocycles. The molecule has 1 aliphatic carbocycles. The van der Waals surface area contributed by atoms with Crippen molar-refractivity contribution in [2.45, 2.75) is 82.8 Å². The Labute approximate surface area is 177 Å². The number of aliphatic hydroxyl groups excluding tert-OH is 1. The van der Waals surface area contributed by atoms with Crippen molar-refractivity contribution in [1.82, 2.24) is 4.90 Å². The van der Waals surface area contributed by atoms with Crippen molar-refractivity contribution in [3.05, 3.63) is 34.5 Å². The van der Waals surface area contributed by atoms with Crippen LogP contribution in [0.3, 0.4) is 0 Å². The van der Waals surface area contributed by atoms with Crippen molar-refractivity contribution in [2.24, 2.45) is 5.41 Å². The van der Waals surface area contributed by atoms with Crippen LogP contribution in [-0.4, -0.2) is 45.7 Å². The number of aliphatic carboxylic acids is 1. The van der Waals surface area contributed by atoms with Gasteiger partial charge >= 0.3 is 5.97 Å². The van der Waals surface area contributed by atoms with Crippen LogP contribution in [0.15, 0.2) is 29.7 Å². The number of carbonyl (C=O) groups is 2. The van der Waals surface area contributed by atoms with Crippen molar-refractivity contribution >= 4 is 23.2 Å². The van der Waals surface area contributed by atoms with Crippen LogP contribution in [0.25, 0.3) is 0 Å². The van der Waals surface area contributed by atoms with E-state index in [4.69, 9.17) is 5.11 Å². The number of carboxylic acid groups (broad SMARTS) is 1. The third-order valence-corrected chi connectivity index (χ3v) is 7.40. The zero-order valence-electron chi connectivity index (χ0n) is 17.1. The highest BCUT2D eigenvalue weighted by molar-refractivity contribution is 7.09. The molecular formula is C23H33NO4S. The summed E-state index contributed by atoms with van der Waals surface area (Å²) in [5, 5.41) is 21.6. The fraction of sp³-hybridized carbons (Fsp3) is 0.652. The zero-order chi connectivity index (χ0) is 20.7. The summed E-state index contributed by atoms with van der Waals surface area (Å²) >= 11 is 1.77. The van der Waals surface area contributed by atoms with Crippen LogP contribution >= 0.6 is 11.3 Å². The lowest BCUT2D eigenvalue weighted by Crippen LogP contribution is -2.51. The smallest absolute Gasteiger partial charge is 0.303 e. The van der Waals surface area contributed by atoms with E-state index in [1.807, 2.05) is 4.90 Å². The van der Waals surface area contributed by atoms with E-state index < -0.39 is 5.97 Å². The summed E-state index contributed by atoms with van der Waals surface area (Å²) < 4.78 is 0. The molecule has 5 nitrogen and oxygen atoms in total. The molecule has 6 heteroatoms. The fourth-order valence-corrected chi connectivity index (χ4v) is 5.35. The van der Waals surface area contributed by atoms with Gasteiger partial charge in [-0.2, -0.15) is 0 Å². The van der Waals surface area contributed by atoms with Gasteiger partial charge in [-0.3, -0.25) is 9.59 Å². The number of hydrogen-bond acceptors (Lipinski definition) is 4. The Morgan fingerprint density at radius 2 is 2.10 bits per heavy atom. The summed E-state index contributed by atoms with van der Waals surface area (Å²) in [4.78, 5) is 25.7. The van der Waals surface area contributed by atoms with Gasteiger partial charge < -0.3 is 15.1 Å². The zero-order valence-corrected chi connectivity index (χ0v) is 17.9. The number of likely N-dealkylation sites (tertiary alicyclic amines) is 1. The molecule has 1 aromatic heterocycles. The summed E-state index contributed by atoms with van der Waals surface area (Å²) in [6.07, 6.45) is 13.1. The van der Waals surface area contributed by atoms with Crippen LogP contribution in [0.2, 0.25) is 0 Å². The Balaban J connectivity index is 1.38. The molecule has 2 atom stereocenters. The Morgan fingerprint density at radius 3 is 2.72 bits per heavy atom. The molecule has 2 fully saturated rings. The van der Waals surface area contributed by atoms with E-state index in [1.165, 1.54) is 11.3 Å².